The quantitative estimate of drug-likeness (QED) is 0.757. The van der Waals surface area contributed by atoms with Crippen molar-refractivity contribution in [3.63, 3.8) is 0 Å². The third kappa shape index (κ3) is 4.65. The molecule has 0 spiro atoms. The molecule has 0 aliphatic carbocycles. The maximum atomic E-state index is 12.8. The zero-order valence-corrected chi connectivity index (χ0v) is 16.6. The van der Waals surface area contributed by atoms with Crippen molar-refractivity contribution in [1.82, 2.24) is 4.90 Å². The van der Waals surface area contributed by atoms with Crippen LogP contribution in [0.1, 0.15) is 22.4 Å². The molecule has 1 aromatic carbocycles. The first kappa shape index (κ1) is 18.9. The van der Waals surface area contributed by atoms with Gasteiger partial charge in [-0.05, 0) is 55.0 Å². The first-order chi connectivity index (χ1) is 12.3. The van der Waals surface area contributed by atoms with Gasteiger partial charge in [-0.15, -0.1) is 11.3 Å². The smallest absolute Gasteiger partial charge is 0.261 e. The third-order valence-electron chi connectivity index (χ3n) is 4.60. The number of carbonyl (C=O) groups excluding carboxylic acids is 1. The standard InChI is InChI=1S/C19H23NO4S2/c1-14-4-3-5-17(10-14)24-12-19(21)20(11-18-15(2)6-8-25-18)16-7-9-26(22,23)13-16/h3-6,8,10,16H,7,9,11-13H2,1-2H3/t16-/m0/s1. The monoisotopic (exact) mass is 393 g/mol. The summed E-state index contributed by atoms with van der Waals surface area (Å²) >= 11 is 1.59. The number of amides is 1. The van der Waals surface area contributed by atoms with E-state index < -0.39 is 9.84 Å². The average Bonchev–Trinajstić information content (AvgIpc) is 3.15. The Labute approximate surface area is 158 Å². The lowest BCUT2D eigenvalue weighted by Gasteiger charge is -2.28. The van der Waals surface area contributed by atoms with Crippen molar-refractivity contribution < 1.29 is 17.9 Å². The van der Waals surface area contributed by atoms with Gasteiger partial charge in [-0.25, -0.2) is 8.42 Å². The maximum Gasteiger partial charge on any atom is 0.261 e. The van der Waals surface area contributed by atoms with Crippen LogP contribution in [0.5, 0.6) is 5.75 Å². The number of nitrogens with zero attached hydrogens (tertiary/aromatic N) is 1. The summed E-state index contributed by atoms with van der Waals surface area (Å²) in [4.78, 5) is 15.6. The second-order valence-electron chi connectivity index (χ2n) is 6.71. The molecular formula is C19H23NO4S2. The number of thiophene rings is 1. The lowest BCUT2D eigenvalue weighted by molar-refractivity contribution is -0.135. The van der Waals surface area contributed by atoms with Crippen molar-refractivity contribution >= 4 is 27.1 Å². The Bertz CT molecular complexity index is 888. The van der Waals surface area contributed by atoms with Crippen molar-refractivity contribution in [2.75, 3.05) is 18.1 Å². The molecule has 140 valence electrons. The van der Waals surface area contributed by atoms with Crippen LogP contribution in [-0.2, 0) is 21.2 Å². The van der Waals surface area contributed by atoms with Crippen LogP contribution in [-0.4, -0.2) is 43.4 Å². The Hall–Kier alpha value is -1.86. The molecule has 0 radical (unpaired) electrons. The van der Waals surface area contributed by atoms with E-state index in [0.29, 0.717) is 18.7 Å². The molecule has 7 heteroatoms. The van der Waals surface area contributed by atoms with Gasteiger partial charge in [-0.3, -0.25) is 4.79 Å². The van der Waals surface area contributed by atoms with Gasteiger partial charge in [0.25, 0.3) is 5.91 Å². The van der Waals surface area contributed by atoms with E-state index in [9.17, 15) is 13.2 Å². The first-order valence-electron chi connectivity index (χ1n) is 8.56. The SMILES string of the molecule is Cc1cccc(OCC(=O)N(Cc2sccc2C)[C@H]2CCS(=O)(=O)C2)c1. The van der Waals surface area contributed by atoms with Crippen molar-refractivity contribution in [3.05, 3.63) is 51.7 Å². The van der Waals surface area contributed by atoms with E-state index in [1.807, 2.05) is 49.6 Å². The van der Waals surface area contributed by atoms with Crippen molar-refractivity contribution in [1.29, 1.82) is 0 Å². The van der Waals surface area contributed by atoms with E-state index >= 15 is 0 Å². The zero-order valence-electron chi connectivity index (χ0n) is 15.0. The van der Waals surface area contributed by atoms with Crippen LogP contribution in [0, 0.1) is 13.8 Å². The highest BCUT2D eigenvalue weighted by Crippen LogP contribution is 2.24. The van der Waals surface area contributed by atoms with Crippen LogP contribution in [0.25, 0.3) is 0 Å². The molecule has 0 bridgehead atoms. The second kappa shape index (κ2) is 7.80. The van der Waals surface area contributed by atoms with E-state index in [1.54, 1.807) is 16.2 Å². The molecule has 1 atom stereocenters. The fraction of sp³-hybridized carbons (Fsp3) is 0.421. The highest BCUT2D eigenvalue weighted by Gasteiger charge is 2.35. The lowest BCUT2D eigenvalue weighted by atomic mass is 10.2. The topological polar surface area (TPSA) is 63.7 Å². The highest BCUT2D eigenvalue weighted by atomic mass is 32.2. The van der Waals surface area contributed by atoms with E-state index in [1.165, 1.54) is 0 Å². The number of hydrogen-bond donors (Lipinski definition) is 0. The first-order valence-corrected chi connectivity index (χ1v) is 11.3. The molecular weight excluding hydrogens is 370 g/mol. The number of aryl methyl sites for hydroxylation is 2. The Balaban J connectivity index is 1.73. The fourth-order valence-electron chi connectivity index (χ4n) is 3.10. The summed E-state index contributed by atoms with van der Waals surface area (Å²) in [6.07, 6.45) is 0.489. The predicted molar refractivity (Wildman–Crippen MR) is 103 cm³/mol. The van der Waals surface area contributed by atoms with Crippen LogP contribution < -0.4 is 4.74 Å². The van der Waals surface area contributed by atoms with Gasteiger partial charge < -0.3 is 9.64 Å². The predicted octanol–water partition coefficient (Wildman–Crippen LogP) is 2.96. The minimum absolute atomic E-state index is 0.0353. The van der Waals surface area contributed by atoms with E-state index in [2.05, 4.69) is 0 Å². The Morgan fingerprint density at radius 1 is 1.31 bits per heavy atom. The number of hydrogen-bond acceptors (Lipinski definition) is 5. The van der Waals surface area contributed by atoms with Crippen molar-refractivity contribution in [3.8, 4) is 5.75 Å². The van der Waals surface area contributed by atoms with Gasteiger partial charge in [0.05, 0.1) is 18.1 Å². The average molecular weight is 394 g/mol. The molecule has 1 amide bonds. The summed E-state index contributed by atoms with van der Waals surface area (Å²) in [6, 6.07) is 9.26. The molecule has 0 N–H and O–H groups in total. The normalized spacial score (nSPS) is 18.6. The zero-order chi connectivity index (χ0) is 18.7. The minimum Gasteiger partial charge on any atom is -0.484 e. The summed E-state index contributed by atoms with van der Waals surface area (Å²) in [7, 11) is -3.07. The highest BCUT2D eigenvalue weighted by molar-refractivity contribution is 7.91. The van der Waals surface area contributed by atoms with Crippen LogP contribution in [0.2, 0.25) is 0 Å². The number of sulfone groups is 1. The molecule has 1 fully saturated rings. The molecule has 1 aliphatic rings. The molecule has 1 saturated heterocycles. The molecule has 0 saturated carbocycles. The van der Waals surface area contributed by atoms with Crippen molar-refractivity contribution in [2.45, 2.75) is 32.9 Å². The lowest BCUT2D eigenvalue weighted by Crippen LogP contribution is -2.43. The molecule has 0 unspecified atom stereocenters. The van der Waals surface area contributed by atoms with E-state index in [0.717, 1.165) is 16.0 Å². The van der Waals surface area contributed by atoms with Gasteiger partial charge in [0.2, 0.25) is 0 Å². The van der Waals surface area contributed by atoms with Crippen molar-refractivity contribution in [2.24, 2.45) is 0 Å². The Morgan fingerprint density at radius 3 is 2.73 bits per heavy atom. The summed E-state index contributed by atoms with van der Waals surface area (Å²) in [5, 5.41) is 1.99. The number of ether oxygens (including phenoxy) is 1. The molecule has 5 nitrogen and oxygen atoms in total. The molecule has 3 rings (SSSR count). The molecule has 1 aromatic heterocycles. The second-order valence-corrected chi connectivity index (χ2v) is 9.94. The summed E-state index contributed by atoms with van der Waals surface area (Å²) < 4.78 is 29.4. The Kier molecular flexibility index (Phi) is 5.67. The fourth-order valence-corrected chi connectivity index (χ4v) is 5.73. The number of rotatable bonds is 6. The third-order valence-corrected chi connectivity index (χ3v) is 7.36. The summed E-state index contributed by atoms with van der Waals surface area (Å²) in [5.41, 5.74) is 2.18. The van der Waals surface area contributed by atoms with Crippen LogP contribution in [0.3, 0.4) is 0 Å². The summed E-state index contributed by atoms with van der Waals surface area (Å²) in [5.74, 6) is 0.642. The van der Waals surface area contributed by atoms with Gasteiger partial charge in [0, 0.05) is 10.9 Å². The van der Waals surface area contributed by atoms with E-state index in [4.69, 9.17) is 4.74 Å². The molecule has 26 heavy (non-hydrogen) atoms. The molecule has 2 aromatic rings. The molecule has 1 aliphatic heterocycles. The van der Waals surface area contributed by atoms with Crippen LogP contribution in [0.4, 0.5) is 0 Å². The van der Waals surface area contributed by atoms with Gasteiger partial charge >= 0.3 is 0 Å². The Morgan fingerprint density at radius 2 is 2.12 bits per heavy atom. The van der Waals surface area contributed by atoms with Gasteiger partial charge in [-0.1, -0.05) is 12.1 Å². The minimum atomic E-state index is -3.07. The molecule has 2 heterocycles. The van der Waals surface area contributed by atoms with Gasteiger partial charge in [0.15, 0.2) is 16.4 Å². The largest absolute Gasteiger partial charge is 0.484 e. The van der Waals surface area contributed by atoms with Gasteiger partial charge in [0.1, 0.15) is 5.75 Å². The number of benzene rings is 1. The van der Waals surface area contributed by atoms with Gasteiger partial charge in [-0.2, -0.15) is 0 Å². The van der Waals surface area contributed by atoms with Crippen LogP contribution in [0.15, 0.2) is 35.7 Å². The summed E-state index contributed by atoms with van der Waals surface area (Å²) in [6.45, 7) is 4.30. The van der Waals surface area contributed by atoms with E-state index in [-0.39, 0.29) is 30.1 Å². The maximum absolute atomic E-state index is 12.8. The number of carbonyl (C=O) groups is 1. The van der Waals surface area contributed by atoms with Crippen LogP contribution >= 0.6 is 11.3 Å².